The Bertz CT molecular complexity index is 954. The van der Waals surface area contributed by atoms with Crippen LogP contribution in [0.5, 0.6) is 5.75 Å². The molecule has 8 heteroatoms. The largest absolute Gasteiger partial charge is 0.497 e. The van der Waals surface area contributed by atoms with Crippen LogP contribution >= 0.6 is 0 Å². The summed E-state index contributed by atoms with van der Waals surface area (Å²) in [5.74, 6) is 0.779. The Hall–Kier alpha value is -3.16. The fourth-order valence-corrected chi connectivity index (χ4v) is 3.20. The van der Waals surface area contributed by atoms with E-state index >= 15 is 0 Å². The first-order valence-corrected chi connectivity index (χ1v) is 8.59. The molecule has 1 aromatic carbocycles. The summed E-state index contributed by atoms with van der Waals surface area (Å²) in [4.78, 5) is 16.6. The van der Waals surface area contributed by atoms with E-state index in [0.717, 1.165) is 29.2 Å². The number of anilines is 2. The molecule has 0 aliphatic carbocycles. The topological polar surface area (TPSA) is 75.9 Å². The van der Waals surface area contributed by atoms with Gasteiger partial charge in [-0.15, -0.1) is 10.2 Å². The summed E-state index contributed by atoms with van der Waals surface area (Å²) < 4.78 is 6.94. The molecule has 0 radical (unpaired) electrons. The Morgan fingerprint density at radius 2 is 2.12 bits per heavy atom. The first-order chi connectivity index (χ1) is 12.7. The van der Waals surface area contributed by atoms with Crippen LogP contribution in [0.4, 0.5) is 11.4 Å². The first-order valence-electron chi connectivity index (χ1n) is 8.59. The molecule has 0 saturated carbocycles. The van der Waals surface area contributed by atoms with Crippen LogP contribution in [0.25, 0.3) is 5.65 Å². The van der Waals surface area contributed by atoms with Crippen LogP contribution in [0.2, 0.25) is 0 Å². The maximum absolute atomic E-state index is 12.8. The zero-order valence-electron chi connectivity index (χ0n) is 14.8. The second-order valence-corrected chi connectivity index (χ2v) is 6.14. The average Bonchev–Trinajstić information content (AvgIpc) is 3.15. The van der Waals surface area contributed by atoms with Crippen LogP contribution in [0.15, 0.2) is 36.7 Å². The van der Waals surface area contributed by atoms with Gasteiger partial charge in [0.15, 0.2) is 0 Å². The van der Waals surface area contributed by atoms with Gasteiger partial charge in [-0.1, -0.05) is 13.0 Å². The van der Waals surface area contributed by atoms with E-state index in [9.17, 15) is 4.79 Å². The van der Waals surface area contributed by atoms with E-state index in [-0.39, 0.29) is 12.5 Å². The quantitative estimate of drug-likeness (QED) is 0.709. The Balaban J connectivity index is 1.61. The zero-order valence-corrected chi connectivity index (χ0v) is 14.8. The predicted molar refractivity (Wildman–Crippen MR) is 97.7 cm³/mol. The molecule has 26 heavy (non-hydrogen) atoms. The molecule has 134 valence electrons. The summed E-state index contributed by atoms with van der Waals surface area (Å²) in [5.41, 5.74) is 3.36. The number of fused-ring (bicyclic) bond motifs is 1. The van der Waals surface area contributed by atoms with Gasteiger partial charge < -0.3 is 14.5 Å². The minimum absolute atomic E-state index is 0.0389. The molecule has 1 aliphatic rings. The molecule has 1 saturated heterocycles. The minimum atomic E-state index is 0.0389. The number of aryl methyl sites for hydroxylation is 1. The second kappa shape index (κ2) is 6.62. The van der Waals surface area contributed by atoms with Crippen molar-refractivity contribution in [1.29, 1.82) is 0 Å². The molecule has 3 aromatic rings. The highest BCUT2D eigenvalue weighted by molar-refractivity contribution is 5.98. The number of carbonyl (C=O) groups excluding carboxylic acids is 1. The van der Waals surface area contributed by atoms with Crippen LogP contribution in [0.3, 0.4) is 0 Å². The van der Waals surface area contributed by atoms with Crippen LogP contribution in [-0.4, -0.2) is 52.5 Å². The standard InChI is InChI=1S/C18H20N6O2/c1-3-13-9-16(18-20-19-12-24(18)21-13)22-7-8-23(17(25)11-22)14-5-4-6-15(10-14)26-2/h4-6,9-10,12H,3,7-8,11H2,1-2H3. The van der Waals surface area contributed by atoms with Gasteiger partial charge in [0.25, 0.3) is 0 Å². The molecule has 8 nitrogen and oxygen atoms in total. The molecular formula is C18H20N6O2. The molecule has 1 fully saturated rings. The molecule has 2 aromatic heterocycles. The molecular weight excluding hydrogens is 332 g/mol. The van der Waals surface area contributed by atoms with Crippen molar-refractivity contribution in [3.05, 3.63) is 42.4 Å². The second-order valence-electron chi connectivity index (χ2n) is 6.14. The highest BCUT2D eigenvalue weighted by Crippen LogP contribution is 2.26. The van der Waals surface area contributed by atoms with Gasteiger partial charge in [0.2, 0.25) is 11.6 Å². The number of nitrogens with zero attached hydrogens (tertiary/aromatic N) is 6. The van der Waals surface area contributed by atoms with Gasteiger partial charge in [0, 0.05) is 24.8 Å². The molecule has 1 aliphatic heterocycles. The van der Waals surface area contributed by atoms with Crippen LogP contribution in [-0.2, 0) is 11.2 Å². The highest BCUT2D eigenvalue weighted by Gasteiger charge is 2.27. The van der Waals surface area contributed by atoms with Crippen molar-refractivity contribution in [2.24, 2.45) is 0 Å². The number of ether oxygens (including phenoxy) is 1. The number of amides is 1. The maximum Gasteiger partial charge on any atom is 0.246 e. The number of hydrogen-bond donors (Lipinski definition) is 0. The van der Waals surface area contributed by atoms with E-state index in [1.807, 2.05) is 42.2 Å². The van der Waals surface area contributed by atoms with Gasteiger partial charge in [0.1, 0.15) is 12.1 Å². The third-order valence-corrected chi connectivity index (χ3v) is 4.59. The van der Waals surface area contributed by atoms with Crippen molar-refractivity contribution in [1.82, 2.24) is 19.8 Å². The zero-order chi connectivity index (χ0) is 18.1. The fourth-order valence-electron chi connectivity index (χ4n) is 3.20. The summed E-state index contributed by atoms with van der Waals surface area (Å²) in [6.45, 7) is 3.63. The van der Waals surface area contributed by atoms with Crippen molar-refractivity contribution in [2.45, 2.75) is 13.3 Å². The predicted octanol–water partition coefficient (Wildman–Crippen LogP) is 1.55. The molecule has 3 heterocycles. The SMILES string of the molecule is CCc1cc(N2CCN(c3cccc(OC)c3)C(=O)C2)c2nncn2n1. The summed E-state index contributed by atoms with van der Waals surface area (Å²) in [7, 11) is 1.62. The molecule has 1 amide bonds. The molecule has 0 atom stereocenters. The summed E-state index contributed by atoms with van der Waals surface area (Å²) in [6.07, 6.45) is 2.39. The van der Waals surface area contributed by atoms with Gasteiger partial charge >= 0.3 is 0 Å². The lowest BCUT2D eigenvalue weighted by Crippen LogP contribution is -2.50. The van der Waals surface area contributed by atoms with Crippen molar-refractivity contribution < 1.29 is 9.53 Å². The van der Waals surface area contributed by atoms with E-state index < -0.39 is 0 Å². The Morgan fingerprint density at radius 1 is 1.23 bits per heavy atom. The number of piperazine rings is 1. The third kappa shape index (κ3) is 2.83. The Labute approximate surface area is 151 Å². The lowest BCUT2D eigenvalue weighted by Gasteiger charge is -2.35. The number of aromatic nitrogens is 4. The van der Waals surface area contributed by atoms with E-state index in [1.54, 1.807) is 22.9 Å². The van der Waals surface area contributed by atoms with Crippen LogP contribution in [0, 0.1) is 0 Å². The maximum atomic E-state index is 12.8. The van der Waals surface area contributed by atoms with E-state index in [1.165, 1.54) is 0 Å². The van der Waals surface area contributed by atoms with Crippen molar-refractivity contribution in [3.8, 4) is 5.75 Å². The Kier molecular flexibility index (Phi) is 4.16. The lowest BCUT2D eigenvalue weighted by molar-refractivity contribution is -0.117. The van der Waals surface area contributed by atoms with Crippen molar-refractivity contribution in [3.63, 3.8) is 0 Å². The van der Waals surface area contributed by atoms with Crippen molar-refractivity contribution >= 4 is 22.9 Å². The van der Waals surface area contributed by atoms with Crippen molar-refractivity contribution in [2.75, 3.05) is 36.5 Å². The lowest BCUT2D eigenvalue weighted by atomic mass is 10.2. The summed E-state index contributed by atoms with van der Waals surface area (Å²) >= 11 is 0. The van der Waals surface area contributed by atoms with Crippen LogP contribution < -0.4 is 14.5 Å². The molecule has 0 spiro atoms. The molecule has 4 rings (SSSR count). The molecule has 0 unspecified atom stereocenters. The van der Waals surface area contributed by atoms with E-state index in [0.29, 0.717) is 18.7 Å². The molecule has 0 N–H and O–H groups in total. The smallest absolute Gasteiger partial charge is 0.246 e. The van der Waals surface area contributed by atoms with Gasteiger partial charge in [-0.2, -0.15) is 9.61 Å². The van der Waals surface area contributed by atoms with E-state index in [4.69, 9.17) is 4.74 Å². The number of hydrogen-bond acceptors (Lipinski definition) is 6. The summed E-state index contributed by atoms with van der Waals surface area (Å²) in [5, 5.41) is 12.6. The van der Waals surface area contributed by atoms with Gasteiger partial charge in [-0.05, 0) is 24.6 Å². The van der Waals surface area contributed by atoms with Gasteiger partial charge in [0.05, 0.1) is 25.0 Å². The fraction of sp³-hybridized carbons (Fsp3) is 0.333. The monoisotopic (exact) mass is 352 g/mol. The number of benzene rings is 1. The van der Waals surface area contributed by atoms with Gasteiger partial charge in [-0.3, -0.25) is 4.79 Å². The number of carbonyl (C=O) groups is 1. The summed E-state index contributed by atoms with van der Waals surface area (Å²) in [6, 6.07) is 9.57. The normalized spacial score (nSPS) is 14.9. The minimum Gasteiger partial charge on any atom is -0.497 e. The van der Waals surface area contributed by atoms with E-state index in [2.05, 4.69) is 15.3 Å². The highest BCUT2D eigenvalue weighted by atomic mass is 16.5. The first kappa shape index (κ1) is 16.3. The van der Waals surface area contributed by atoms with Gasteiger partial charge in [-0.25, -0.2) is 0 Å². The molecule has 0 bridgehead atoms. The third-order valence-electron chi connectivity index (χ3n) is 4.59. The van der Waals surface area contributed by atoms with Crippen LogP contribution in [0.1, 0.15) is 12.6 Å². The number of methoxy groups -OCH3 is 1. The number of rotatable bonds is 4. The Morgan fingerprint density at radius 3 is 2.88 bits per heavy atom. The average molecular weight is 352 g/mol.